The fourth-order valence-corrected chi connectivity index (χ4v) is 2.49. The molecule has 2 rings (SSSR count). The third-order valence-corrected chi connectivity index (χ3v) is 3.88. The number of rotatable bonds is 3. The summed E-state index contributed by atoms with van der Waals surface area (Å²) in [5, 5.41) is 2.77. The Hall–Kier alpha value is -2.51. The Morgan fingerprint density at radius 3 is 2.38 bits per heavy atom. The van der Waals surface area contributed by atoms with Gasteiger partial charge in [0.05, 0.1) is 7.11 Å². The standard InChI is InChI=1S/C16H23FN4O3/c1-19(2)16(23)21-8-6-20(7-9-21)15(22)18-11-12-4-5-14(24-3)13(17)10-12/h4-5,10H,6-9,11H2,1-3H3,(H,18,22). The number of halogens is 1. The van der Waals surface area contributed by atoms with Gasteiger partial charge in [0.15, 0.2) is 11.6 Å². The van der Waals surface area contributed by atoms with Crippen LogP contribution in [0.5, 0.6) is 5.75 Å². The summed E-state index contributed by atoms with van der Waals surface area (Å²) in [6.45, 7) is 2.19. The molecule has 1 aromatic carbocycles. The van der Waals surface area contributed by atoms with E-state index in [1.54, 1.807) is 30.0 Å². The number of urea groups is 2. The van der Waals surface area contributed by atoms with Crippen LogP contribution >= 0.6 is 0 Å². The fraction of sp³-hybridized carbons (Fsp3) is 0.500. The molecule has 4 amide bonds. The summed E-state index contributed by atoms with van der Waals surface area (Å²) in [4.78, 5) is 28.9. The van der Waals surface area contributed by atoms with Crippen LogP contribution in [0.15, 0.2) is 18.2 Å². The maximum Gasteiger partial charge on any atom is 0.319 e. The lowest BCUT2D eigenvalue weighted by Crippen LogP contribution is -2.54. The number of carbonyl (C=O) groups is 2. The molecule has 0 aromatic heterocycles. The van der Waals surface area contributed by atoms with Crippen molar-refractivity contribution in [2.24, 2.45) is 0 Å². The average Bonchev–Trinajstić information content (AvgIpc) is 2.59. The van der Waals surface area contributed by atoms with Crippen molar-refractivity contribution in [2.45, 2.75) is 6.54 Å². The second-order valence-corrected chi connectivity index (χ2v) is 5.78. The Bertz CT molecular complexity index is 601. The second-order valence-electron chi connectivity index (χ2n) is 5.78. The van der Waals surface area contributed by atoms with Crippen LogP contribution < -0.4 is 10.1 Å². The minimum Gasteiger partial charge on any atom is -0.494 e. The van der Waals surface area contributed by atoms with Gasteiger partial charge < -0.3 is 24.8 Å². The molecule has 0 aliphatic carbocycles. The van der Waals surface area contributed by atoms with Gasteiger partial charge in [0, 0.05) is 46.8 Å². The second kappa shape index (κ2) is 7.85. The molecule has 0 bridgehead atoms. The highest BCUT2D eigenvalue weighted by atomic mass is 19.1. The molecule has 1 aliphatic rings. The summed E-state index contributed by atoms with van der Waals surface area (Å²) in [6.07, 6.45) is 0. The van der Waals surface area contributed by atoms with E-state index < -0.39 is 5.82 Å². The third kappa shape index (κ3) is 4.27. The zero-order chi connectivity index (χ0) is 17.7. The Kier molecular flexibility index (Phi) is 5.83. The Morgan fingerprint density at radius 1 is 1.21 bits per heavy atom. The lowest BCUT2D eigenvalue weighted by atomic mass is 10.2. The molecule has 0 atom stereocenters. The van der Waals surface area contributed by atoms with Gasteiger partial charge in [-0.1, -0.05) is 6.07 Å². The Labute approximate surface area is 141 Å². The number of amides is 4. The number of methoxy groups -OCH3 is 1. The van der Waals surface area contributed by atoms with Gasteiger partial charge in [-0.3, -0.25) is 0 Å². The van der Waals surface area contributed by atoms with Crippen LogP contribution in [0.2, 0.25) is 0 Å². The summed E-state index contributed by atoms with van der Waals surface area (Å²) in [5.41, 5.74) is 0.656. The number of nitrogens with one attached hydrogen (secondary N) is 1. The van der Waals surface area contributed by atoms with Crippen LogP contribution in [0.1, 0.15) is 5.56 Å². The van der Waals surface area contributed by atoms with E-state index in [0.29, 0.717) is 31.7 Å². The van der Waals surface area contributed by atoms with Gasteiger partial charge in [0.2, 0.25) is 0 Å². The predicted octanol–water partition coefficient (Wildman–Crippen LogP) is 1.34. The zero-order valence-corrected chi connectivity index (χ0v) is 14.2. The summed E-state index contributed by atoms with van der Waals surface area (Å²) in [5.74, 6) is -0.285. The summed E-state index contributed by atoms with van der Waals surface area (Å²) < 4.78 is 18.5. The van der Waals surface area contributed by atoms with Crippen molar-refractivity contribution in [1.82, 2.24) is 20.0 Å². The van der Waals surface area contributed by atoms with Crippen molar-refractivity contribution in [1.29, 1.82) is 0 Å². The van der Waals surface area contributed by atoms with Gasteiger partial charge in [0.25, 0.3) is 0 Å². The number of hydrogen-bond donors (Lipinski definition) is 1. The summed E-state index contributed by atoms with van der Waals surface area (Å²) >= 11 is 0. The first-order chi connectivity index (χ1) is 11.4. The number of piperazine rings is 1. The maximum absolute atomic E-state index is 13.6. The van der Waals surface area contributed by atoms with E-state index in [0.717, 1.165) is 0 Å². The molecule has 0 saturated carbocycles. The lowest BCUT2D eigenvalue weighted by molar-refractivity contribution is 0.128. The van der Waals surface area contributed by atoms with E-state index in [9.17, 15) is 14.0 Å². The van der Waals surface area contributed by atoms with E-state index in [1.807, 2.05) is 0 Å². The predicted molar refractivity (Wildman–Crippen MR) is 87.4 cm³/mol. The van der Waals surface area contributed by atoms with Crippen LogP contribution in [0.25, 0.3) is 0 Å². The minimum atomic E-state index is -0.458. The molecule has 1 aromatic rings. The monoisotopic (exact) mass is 338 g/mol. The number of ether oxygens (including phenoxy) is 1. The summed E-state index contributed by atoms with van der Waals surface area (Å²) in [6, 6.07) is 4.30. The van der Waals surface area contributed by atoms with Gasteiger partial charge >= 0.3 is 12.1 Å². The number of carbonyl (C=O) groups excluding carboxylic acids is 2. The minimum absolute atomic E-state index is 0.0521. The molecule has 1 N–H and O–H groups in total. The van der Waals surface area contributed by atoms with Crippen LogP contribution in [-0.2, 0) is 6.54 Å². The topological polar surface area (TPSA) is 65.1 Å². The molecule has 1 fully saturated rings. The molecule has 0 unspecified atom stereocenters. The van der Waals surface area contributed by atoms with Crippen LogP contribution in [0.4, 0.5) is 14.0 Å². The SMILES string of the molecule is COc1ccc(CNC(=O)N2CCN(C(=O)N(C)C)CC2)cc1F. The zero-order valence-electron chi connectivity index (χ0n) is 14.2. The van der Waals surface area contributed by atoms with Crippen molar-refractivity contribution in [2.75, 3.05) is 47.4 Å². The number of nitrogens with zero attached hydrogens (tertiary/aromatic N) is 3. The molecule has 8 heteroatoms. The Balaban J connectivity index is 1.82. The molecule has 1 aliphatic heterocycles. The first-order valence-corrected chi connectivity index (χ1v) is 7.73. The van der Waals surface area contributed by atoms with E-state index in [-0.39, 0.29) is 24.4 Å². The van der Waals surface area contributed by atoms with Crippen LogP contribution in [0, 0.1) is 5.82 Å². The van der Waals surface area contributed by atoms with Crippen molar-refractivity contribution >= 4 is 12.1 Å². The first kappa shape index (κ1) is 17.8. The lowest BCUT2D eigenvalue weighted by Gasteiger charge is -2.35. The smallest absolute Gasteiger partial charge is 0.319 e. The molecule has 7 nitrogen and oxygen atoms in total. The van der Waals surface area contributed by atoms with Crippen molar-refractivity contribution < 1.29 is 18.7 Å². The van der Waals surface area contributed by atoms with E-state index in [1.165, 1.54) is 24.1 Å². The van der Waals surface area contributed by atoms with Gasteiger partial charge in [-0.25, -0.2) is 14.0 Å². The van der Waals surface area contributed by atoms with Crippen LogP contribution in [-0.4, -0.2) is 74.1 Å². The molecule has 24 heavy (non-hydrogen) atoms. The number of hydrogen-bond acceptors (Lipinski definition) is 3. The quantitative estimate of drug-likeness (QED) is 0.905. The Morgan fingerprint density at radius 2 is 1.83 bits per heavy atom. The van der Waals surface area contributed by atoms with Crippen LogP contribution in [0.3, 0.4) is 0 Å². The van der Waals surface area contributed by atoms with Gasteiger partial charge in [-0.2, -0.15) is 0 Å². The summed E-state index contributed by atoms with van der Waals surface area (Å²) in [7, 11) is 4.81. The molecular weight excluding hydrogens is 315 g/mol. The molecular formula is C16H23FN4O3. The molecule has 0 radical (unpaired) electrons. The van der Waals surface area contributed by atoms with Crippen molar-refractivity contribution in [3.8, 4) is 5.75 Å². The normalized spacial score (nSPS) is 14.3. The fourth-order valence-electron chi connectivity index (χ4n) is 2.49. The van der Waals surface area contributed by atoms with Gasteiger partial charge in [-0.15, -0.1) is 0 Å². The maximum atomic E-state index is 13.6. The highest BCUT2D eigenvalue weighted by Gasteiger charge is 2.24. The molecule has 132 valence electrons. The average molecular weight is 338 g/mol. The third-order valence-electron chi connectivity index (χ3n) is 3.88. The highest BCUT2D eigenvalue weighted by Crippen LogP contribution is 2.17. The van der Waals surface area contributed by atoms with Crippen molar-refractivity contribution in [3.05, 3.63) is 29.6 Å². The number of benzene rings is 1. The first-order valence-electron chi connectivity index (χ1n) is 7.73. The largest absolute Gasteiger partial charge is 0.494 e. The van der Waals surface area contributed by atoms with Gasteiger partial charge in [0.1, 0.15) is 0 Å². The van der Waals surface area contributed by atoms with E-state index >= 15 is 0 Å². The van der Waals surface area contributed by atoms with E-state index in [4.69, 9.17) is 4.74 Å². The molecule has 1 heterocycles. The van der Waals surface area contributed by atoms with E-state index in [2.05, 4.69) is 5.32 Å². The molecule has 1 saturated heterocycles. The molecule has 0 spiro atoms. The van der Waals surface area contributed by atoms with Gasteiger partial charge in [-0.05, 0) is 17.7 Å². The highest BCUT2D eigenvalue weighted by molar-refractivity contribution is 5.76. The van der Waals surface area contributed by atoms with Crippen molar-refractivity contribution in [3.63, 3.8) is 0 Å².